The van der Waals surface area contributed by atoms with Gasteiger partial charge in [0, 0.05) is 40.5 Å². The number of hydrogen-bond donors (Lipinski definition) is 0. The van der Waals surface area contributed by atoms with Crippen LogP contribution in [0.5, 0.6) is 0 Å². The molecule has 0 unspecified atom stereocenters. The molecular formula is C44H26N4. The molecule has 0 spiro atoms. The van der Waals surface area contributed by atoms with Crippen molar-refractivity contribution in [3.8, 4) is 44.9 Å². The highest BCUT2D eigenvalue weighted by Gasteiger charge is 2.16. The second kappa shape index (κ2) is 10.5. The summed E-state index contributed by atoms with van der Waals surface area (Å²) in [6.45, 7) is 0. The topological polar surface area (TPSA) is 51.6 Å². The lowest BCUT2D eigenvalue weighted by Crippen LogP contribution is -1.91. The summed E-state index contributed by atoms with van der Waals surface area (Å²) in [6, 6.07) is 49.8. The van der Waals surface area contributed by atoms with Crippen LogP contribution in [0, 0.1) is 0 Å². The van der Waals surface area contributed by atoms with E-state index >= 15 is 0 Å². The summed E-state index contributed by atoms with van der Waals surface area (Å²) in [5, 5.41) is 9.77. The van der Waals surface area contributed by atoms with E-state index < -0.39 is 0 Å². The Morgan fingerprint density at radius 2 is 0.938 bits per heavy atom. The zero-order valence-electron chi connectivity index (χ0n) is 25.8. The molecular weight excluding hydrogens is 585 g/mol. The molecule has 3 heterocycles. The van der Waals surface area contributed by atoms with Gasteiger partial charge in [-0.1, -0.05) is 115 Å². The van der Waals surface area contributed by atoms with E-state index in [1.807, 2.05) is 18.3 Å². The number of fused-ring (bicyclic) bond motifs is 3. The second-order valence-electron chi connectivity index (χ2n) is 12.3. The Balaban J connectivity index is 1.11. The molecule has 0 atom stereocenters. The first-order valence-electron chi connectivity index (χ1n) is 16.1. The average Bonchev–Trinajstić information content (AvgIpc) is 3.17. The summed E-state index contributed by atoms with van der Waals surface area (Å²) in [5.41, 5.74) is 9.66. The molecule has 10 aromatic rings. The summed E-state index contributed by atoms with van der Waals surface area (Å²) in [6.07, 6.45) is 5.40. The Kier molecular flexibility index (Phi) is 5.84. The van der Waals surface area contributed by atoms with Gasteiger partial charge in [-0.15, -0.1) is 0 Å². The van der Waals surface area contributed by atoms with Crippen molar-refractivity contribution in [2.45, 2.75) is 0 Å². The van der Waals surface area contributed by atoms with Crippen LogP contribution in [-0.4, -0.2) is 19.9 Å². The molecule has 10 rings (SSSR count). The summed E-state index contributed by atoms with van der Waals surface area (Å²) < 4.78 is 0. The summed E-state index contributed by atoms with van der Waals surface area (Å²) in [4.78, 5) is 18.6. The Bertz CT molecular complexity index is 2820. The first-order valence-corrected chi connectivity index (χ1v) is 16.1. The SMILES string of the molecule is c1cnc(-c2ccc(-c3ccc4ccc5c(-c6cccc(-c7ccc8ccc9cccnc9c8n7)c6)ccc6ccc3c4c65)cc2)nc1. The molecule has 4 heteroatoms. The van der Waals surface area contributed by atoms with E-state index in [0.29, 0.717) is 0 Å². The van der Waals surface area contributed by atoms with Crippen LogP contribution in [0.25, 0.3) is 99.0 Å². The van der Waals surface area contributed by atoms with Gasteiger partial charge < -0.3 is 0 Å². The van der Waals surface area contributed by atoms with Crippen molar-refractivity contribution in [2.24, 2.45) is 0 Å². The summed E-state index contributed by atoms with van der Waals surface area (Å²) in [7, 11) is 0. The van der Waals surface area contributed by atoms with Gasteiger partial charge in [-0.25, -0.2) is 15.0 Å². The minimum absolute atomic E-state index is 0.734. The lowest BCUT2D eigenvalue weighted by molar-refractivity contribution is 1.18. The fourth-order valence-corrected chi connectivity index (χ4v) is 7.28. The minimum Gasteiger partial charge on any atom is -0.254 e. The van der Waals surface area contributed by atoms with Crippen LogP contribution in [0.1, 0.15) is 0 Å². The zero-order valence-corrected chi connectivity index (χ0v) is 25.8. The predicted molar refractivity (Wildman–Crippen MR) is 198 cm³/mol. The summed E-state index contributed by atoms with van der Waals surface area (Å²) in [5.74, 6) is 0.734. The van der Waals surface area contributed by atoms with E-state index in [-0.39, 0.29) is 0 Å². The highest BCUT2D eigenvalue weighted by Crippen LogP contribution is 2.43. The monoisotopic (exact) mass is 610 g/mol. The Morgan fingerprint density at radius 3 is 1.69 bits per heavy atom. The number of aromatic nitrogens is 4. The van der Waals surface area contributed by atoms with E-state index in [9.17, 15) is 0 Å². The molecule has 0 saturated heterocycles. The summed E-state index contributed by atoms with van der Waals surface area (Å²) >= 11 is 0. The highest BCUT2D eigenvalue weighted by atomic mass is 14.8. The quantitative estimate of drug-likeness (QED) is 0.186. The molecule has 0 radical (unpaired) electrons. The molecule has 0 saturated carbocycles. The molecule has 0 aliphatic heterocycles. The fourth-order valence-electron chi connectivity index (χ4n) is 7.28. The van der Waals surface area contributed by atoms with Crippen molar-refractivity contribution in [1.29, 1.82) is 0 Å². The van der Waals surface area contributed by atoms with Crippen molar-refractivity contribution in [2.75, 3.05) is 0 Å². The van der Waals surface area contributed by atoms with E-state index in [1.54, 1.807) is 12.4 Å². The lowest BCUT2D eigenvalue weighted by atomic mass is 9.87. The molecule has 7 aromatic carbocycles. The molecule has 0 aliphatic carbocycles. The van der Waals surface area contributed by atoms with Gasteiger partial charge in [0.2, 0.25) is 0 Å². The van der Waals surface area contributed by atoms with Gasteiger partial charge in [0.1, 0.15) is 0 Å². The molecule has 48 heavy (non-hydrogen) atoms. The van der Waals surface area contributed by atoms with Gasteiger partial charge in [0.15, 0.2) is 5.82 Å². The molecule has 0 N–H and O–H groups in total. The third-order valence-corrected chi connectivity index (χ3v) is 9.59. The molecule has 3 aromatic heterocycles. The van der Waals surface area contributed by atoms with Crippen molar-refractivity contribution in [1.82, 2.24) is 19.9 Å². The van der Waals surface area contributed by atoms with Crippen LogP contribution in [-0.2, 0) is 0 Å². The van der Waals surface area contributed by atoms with Crippen molar-refractivity contribution in [3.63, 3.8) is 0 Å². The molecule has 0 fully saturated rings. The Morgan fingerprint density at radius 1 is 0.354 bits per heavy atom. The largest absolute Gasteiger partial charge is 0.254 e. The number of nitrogens with zero attached hydrogens (tertiary/aromatic N) is 4. The third-order valence-electron chi connectivity index (χ3n) is 9.59. The maximum atomic E-state index is 5.13. The van der Waals surface area contributed by atoms with Crippen LogP contribution in [0.3, 0.4) is 0 Å². The molecule has 0 bridgehead atoms. The number of benzene rings is 7. The van der Waals surface area contributed by atoms with E-state index in [1.165, 1.54) is 54.6 Å². The van der Waals surface area contributed by atoms with Gasteiger partial charge in [0.25, 0.3) is 0 Å². The van der Waals surface area contributed by atoms with Crippen molar-refractivity contribution in [3.05, 3.63) is 158 Å². The lowest BCUT2D eigenvalue weighted by Gasteiger charge is -2.17. The van der Waals surface area contributed by atoms with Gasteiger partial charge >= 0.3 is 0 Å². The number of pyridine rings is 2. The average molecular weight is 611 g/mol. The Labute approximate surface area is 276 Å². The van der Waals surface area contributed by atoms with Crippen molar-refractivity contribution >= 4 is 54.1 Å². The van der Waals surface area contributed by atoms with Gasteiger partial charge in [-0.05, 0) is 78.8 Å². The molecule has 222 valence electrons. The van der Waals surface area contributed by atoms with Gasteiger partial charge in [0.05, 0.1) is 16.7 Å². The maximum absolute atomic E-state index is 5.13. The van der Waals surface area contributed by atoms with Crippen molar-refractivity contribution < 1.29 is 0 Å². The fraction of sp³-hybridized carbons (Fsp3) is 0. The van der Waals surface area contributed by atoms with E-state index in [4.69, 9.17) is 4.98 Å². The van der Waals surface area contributed by atoms with E-state index in [2.05, 4.69) is 142 Å². The van der Waals surface area contributed by atoms with Crippen LogP contribution < -0.4 is 0 Å². The Hall–Kier alpha value is -6.52. The predicted octanol–water partition coefficient (Wildman–Crippen LogP) is 11.1. The van der Waals surface area contributed by atoms with Gasteiger partial charge in [-0.3, -0.25) is 4.98 Å². The first-order chi connectivity index (χ1) is 23.8. The zero-order chi connectivity index (χ0) is 31.6. The first kappa shape index (κ1) is 26.7. The standard InChI is InChI=1S/C44H26N4/c1-4-33(26-34(5-1)39-22-17-31-10-9-30-6-2-23-45-42(30)43(31)48-39)36-19-14-29-15-20-37-35(18-13-28-16-21-38(36)41(29)40(28)37)27-7-11-32(12-8-27)44-46-24-3-25-47-44/h1-26H. The molecule has 4 nitrogen and oxygen atoms in total. The molecule has 0 amide bonds. The minimum atomic E-state index is 0.734. The van der Waals surface area contributed by atoms with E-state index in [0.717, 1.165) is 44.5 Å². The van der Waals surface area contributed by atoms with Crippen LogP contribution in [0.15, 0.2) is 158 Å². The number of hydrogen-bond acceptors (Lipinski definition) is 4. The van der Waals surface area contributed by atoms with Crippen LogP contribution >= 0.6 is 0 Å². The van der Waals surface area contributed by atoms with Crippen LogP contribution in [0.2, 0.25) is 0 Å². The number of rotatable bonds is 4. The third kappa shape index (κ3) is 4.16. The van der Waals surface area contributed by atoms with Crippen LogP contribution in [0.4, 0.5) is 0 Å². The maximum Gasteiger partial charge on any atom is 0.159 e. The smallest absolute Gasteiger partial charge is 0.159 e. The molecule has 0 aliphatic rings. The highest BCUT2D eigenvalue weighted by molar-refractivity contribution is 6.27. The van der Waals surface area contributed by atoms with Gasteiger partial charge in [-0.2, -0.15) is 0 Å². The normalized spacial score (nSPS) is 11.8. The second-order valence-corrected chi connectivity index (χ2v) is 12.3.